The molecule has 0 aliphatic carbocycles. The zero-order chi connectivity index (χ0) is 13.0. The first-order chi connectivity index (χ1) is 8.72. The van der Waals surface area contributed by atoms with E-state index in [2.05, 4.69) is 5.32 Å². The zero-order valence-electron chi connectivity index (χ0n) is 11.3. The largest absolute Gasteiger partial charge is 0.375 e. The fourth-order valence-electron chi connectivity index (χ4n) is 2.51. The highest BCUT2D eigenvalue weighted by atomic mass is 35.5. The molecular weight excluding hydrogens is 270 g/mol. The van der Waals surface area contributed by atoms with Crippen molar-refractivity contribution in [2.45, 2.75) is 18.9 Å². The summed E-state index contributed by atoms with van der Waals surface area (Å²) in [5, 5.41) is 3.22. The van der Waals surface area contributed by atoms with E-state index in [1.165, 1.54) is 7.11 Å². The van der Waals surface area contributed by atoms with E-state index < -0.39 is 0 Å². The fraction of sp³-hybridized carbons (Fsp3) is 0.833. The summed E-state index contributed by atoms with van der Waals surface area (Å²) in [6.45, 7) is 3.54. The molecule has 0 aromatic heterocycles. The first kappa shape index (κ1) is 16.2. The third kappa shape index (κ3) is 4.06. The van der Waals surface area contributed by atoms with Gasteiger partial charge in [0.05, 0.1) is 6.04 Å². The maximum atomic E-state index is 12.1. The monoisotopic (exact) mass is 291 g/mol. The van der Waals surface area contributed by atoms with Gasteiger partial charge in [-0.3, -0.25) is 9.59 Å². The van der Waals surface area contributed by atoms with Crippen molar-refractivity contribution >= 4 is 24.2 Å². The van der Waals surface area contributed by atoms with Gasteiger partial charge in [-0.15, -0.1) is 12.4 Å². The van der Waals surface area contributed by atoms with Gasteiger partial charge in [0.15, 0.2) is 0 Å². The van der Waals surface area contributed by atoms with Crippen molar-refractivity contribution in [1.82, 2.24) is 15.1 Å². The van der Waals surface area contributed by atoms with Crippen molar-refractivity contribution in [3.8, 4) is 0 Å². The molecular formula is C12H22ClN3O3. The molecule has 0 saturated carbocycles. The van der Waals surface area contributed by atoms with Crippen LogP contribution in [0.25, 0.3) is 0 Å². The molecule has 19 heavy (non-hydrogen) atoms. The van der Waals surface area contributed by atoms with Gasteiger partial charge in [-0.05, 0) is 19.4 Å². The number of nitrogens with one attached hydrogen (secondary N) is 1. The molecule has 1 atom stereocenters. The van der Waals surface area contributed by atoms with E-state index in [0.29, 0.717) is 26.2 Å². The van der Waals surface area contributed by atoms with Crippen molar-refractivity contribution in [3.63, 3.8) is 0 Å². The number of piperazine rings is 1. The van der Waals surface area contributed by atoms with Crippen LogP contribution >= 0.6 is 12.4 Å². The maximum Gasteiger partial charge on any atom is 0.248 e. The van der Waals surface area contributed by atoms with Crippen molar-refractivity contribution in [2.24, 2.45) is 0 Å². The summed E-state index contributed by atoms with van der Waals surface area (Å²) in [5.41, 5.74) is 0. The highest BCUT2D eigenvalue weighted by Gasteiger charge is 2.30. The number of methoxy groups -OCH3 is 1. The number of hydrogen-bond donors (Lipinski definition) is 1. The van der Waals surface area contributed by atoms with Gasteiger partial charge in [0.25, 0.3) is 0 Å². The molecule has 0 aromatic rings. The Morgan fingerprint density at radius 2 is 1.84 bits per heavy atom. The molecule has 2 aliphatic heterocycles. The Morgan fingerprint density at radius 1 is 1.21 bits per heavy atom. The Hall–Kier alpha value is -0.850. The van der Waals surface area contributed by atoms with Gasteiger partial charge in [0.1, 0.15) is 6.61 Å². The zero-order valence-corrected chi connectivity index (χ0v) is 12.1. The van der Waals surface area contributed by atoms with Crippen molar-refractivity contribution in [3.05, 3.63) is 0 Å². The van der Waals surface area contributed by atoms with Crippen LogP contribution in [0.5, 0.6) is 0 Å². The number of ether oxygens (including phenoxy) is 1. The summed E-state index contributed by atoms with van der Waals surface area (Å²) < 4.78 is 4.83. The third-order valence-corrected chi connectivity index (χ3v) is 3.57. The minimum atomic E-state index is -0.00812. The third-order valence-electron chi connectivity index (χ3n) is 3.57. The summed E-state index contributed by atoms with van der Waals surface area (Å²) in [5.74, 6) is 0.190. The molecule has 0 radical (unpaired) electrons. The number of rotatable bonds is 3. The summed E-state index contributed by atoms with van der Waals surface area (Å²) in [6, 6.07) is -0.00812. The van der Waals surface area contributed by atoms with Gasteiger partial charge >= 0.3 is 0 Å². The van der Waals surface area contributed by atoms with Crippen LogP contribution in [0.1, 0.15) is 12.8 Å². The fourth-order valence-corrected chi connectivity index (χ4v) is 2.51. The minimum Gasteiger partial charge on any atom is -0.375 e. The average molecular weight is 292 g/mol. The van der Waals surface area contributed by atoms with E-state index in [1.807, 2.05) is 4.90 Å². The van der Waals surface area contributed by atoms with Crippen LogP contribution in [0.3, 0.4) is 0 Å². The van der Waals surface area contributed by atoms with Gasteiger partial charge in [-0.1, -0.05) is 0 Å². The Bertz CT molecular complexity index is 313. The Morgan fingerprint density at radius 3 is 2.37 bits per heavy atom. The number of amides is 2. The summed E-state index contributed by atoms with van der Waals surface area (Å²) in [7, 11) is 1.52. The quantitative estimate of drug-likeness (QED) is 0.760. The van der Waals surface area contributed by atoms with Gasteiger partial charge in [0.2, 0.25) is 11.8 Å². The van der Waals surface area contributed by atoms with Crippen LogP contribution in [0.15, 0.2) is 0 Å². The second-order valence-electron chi connectivity index (χ2n) is 4.79. The lowest BCUT2D eigenvalue weighted by atomic mass is 10.2. The number of hydrogen-bond acceptors (Lipinski definition) is 4. The standard InChI is InChI=1S/C12H21N3O3.ClH/c1-18-9-11(16)14-5-7-15(8-6-14)12(17)10-3-2-4-13-10;/h10,13H,2-9H2,1H3;1H. The normalized spacial score (nSPS) is 23.1. The molecule has 2 fully saturated rings. The molecule has 1 N–H and O–H groups in total. The van der Waals surface area contributed by atoms with Gasteiger partial charge in [-0.2, -0.15) is 0 Å². The molecule has 110 valence electrons. The molecule has 2 aliphatic rings. The number of halogens is 1. The number of nitrogens with zero attached hydrogens (tertiary/aromatic N) is 2. The van der Waals surface area contributed by atoms with E-state index in [9.17, 15) is 9.59 Å². The topological polar surface area (TPSA) is 61.9 Å². The lowest BCUT2D eigenvalue weighted by Gasteiger charge is -2.35. The molecule has 2 saturated heterocycles. The summed E-state index contributed by atoms with van der Waals surface area (Å²) in [4.78, 5) is 27.4. The van der Waals surface area contributed by atoms with Crippen LogP contribution in [0, 0.1) is 0 Å². The van der Waals surface area contributed by atoms with Crippen molar-refractivity contribution in [1.29, 1.82) is 0 Å². The second-order valence-corrected chi connectivity index (χ2v) is 4.79. The van der Waals surface area contributed by atoms with Crippen LogP contribution in [0.2, 0.25) is 0 Å². The summed E-state index contributed by atoms with van der Waals surface area (Å²) in [6.07, 6.45) is 2.00. The molecule has 2 rings (SSSR count). The molecule has 0 aromatic carbocycles. The Balaban J connectivity index is 0.00000180. The highest BCUT2D eigenvalue weighted by Crippen LogP contribution is 2.11. The molecule has 0 spiro atoms. The van der Waals surface area contributed by atoms with E-state index in [-0.39, 0.29) is 36.9 Å². The SMILES string of the molecule is COCC(=O)N1CCN(C(=O)C2CCCN2)CC1.Cl. The first-order valence-electron chi connectivity index (χ1n) is 6.51. The lowest BCUT2D eigenvalue weighted by molar-refractivity contribution is -0.142. The van der Waals surface area contributed by atoms with Crippen molar-refractivity contribution < 1.29 is 14.3 Å². The molecule has 2 amide bonds. The summed E-state index contributed by atoms with van der Waals surface area (Å²) >= 11 is 0. The molecule has 0 bridgehead atoms. The van der Waals surface area contributed by atoms with Crippen LogP contribution in [-0.4, -0.2) is 74.1 Å². The maximum absolute atomic E-state index is 12.1. The number of carbonyl (C=O) groups is 2. The molecule has 1 unspecified atom stereocenters. The van der Waals surface area contributed by atoms with E-state index in [0.717, 1.165) is 19.4 Å². The van der Waals surface area contributed by atoms with Crippen LogP contribution in [0.4, 0.5) is 0 Å². The minimum absolute atomic E-state index is 0. The predicted molar refractivity (Wildman–Crippen MR) is 73.3 cm³/mol. The second kappa shape index (κ2) is 7.67. The van der Waals surface area contributed by atoms with Crippen LogP contribution < -0.4 is 5.32 Å². The van der Waals surface area contributed by atoms with Crippen LogP contribution in [-0.2, 0) is 14.3 Å². The Kier molecular flexibility index (Phi) is 6.54. The van der Waals surface area contributed by atoms with Gasteiger partial charge < -0.3 is 19.9 Å². The highest BCUT2D eigenvalue weighted by molar-refractivity contribution is 5.85. The van der Waals surface area contributed by atoms with E-state index in [4.69, 9.17) is 4.74 Å². The number of carbonyl (C=O) groups excluding carboxylic acids is 2. The van der Waals surface area contributed by atoms with E-state index >= 15 is 0 Å². The predicted octanol–water partition coefficient (Wildman–Crippen LogP) is -0.523. The smallest absolute Gasteiger partial charge is 0.248 e. The molecule has 6 nitrogen and oxygen atoms in total. The van der Waals surface area contributed by atoms with Gasteiger partial charge in [0, 0.05) is 33.3 Å². The first-order valence-corrected chi connectivity index (χ1v) is 6.51. The molecule has 7 heteroatoms. The van der Waals surface area contributed by atoms with Gasteiger partial charge in [-0.25, -0.2) is 0 Å². The lowest BCUT2D eigenvalue weighted by Crippen LogP contribution is -2.54. The molecule has 2 heterocycles. The Labute approximate surface area is 119 Å². The average Bonchev–Trinajstić information content (AvgIpc) is 2.92. The van der Waals surface area contributed by atoms with Crippen molar-refractivity contribution in [2.75, 3.05) is 46.4 Å². The van der Waals surface area contributed by atoms with E-state index in [1.54, 1.807) is 4.90 Å².